The van der Waals surface area contributed by atoms with Crippen LogP contribution in [0.4, 0.5) is 5.69 Å². The van der Waals surface area contributed by atoms with Crippen LogP contribution >= 0.6 is 15.9 Å². The van der Waals surface area contributed by atoms with Crippen molar-refractivity contribution in [1.82, 2.24) is 0 Å². The molecule has 1 amide bonds. The fraction of sp³-hybridized carbons (Fsp3) is 0.190. The zero-order valence-electron chi connectivity index (χ0n) is 15.5. The normalized spacial score (nSPS) is 15.1. The minimum absolute atomic E-state index is 0.152. The van der Waals surface area contributed by atoms with Gasteiger partial charge in [0, 0.05) is 10.0 Å². The first-order valence-electron chi connectivity index (χ1n) is 8.78. The Labute approximate surface area is 171 Å². The minimum atomic E-state index is -1.02. The molecular weight excluding hydrogens is 424 g/mol. The lowest BCUT2D eigenvalue weighted by molar-refractivity contribution is -0.114. The maximum Gasteiger partial charge on any atom is 0.335 e. The smallest absolute Gasteiger partial charge is 0.335 e. The first-order chi connectivity index (χ1) is 13.4. The Bertz CT molecular complexity index is 980. The quantitative estimate of drug-likeness (QED) is 0.654. The highest BCUT2D eigenvalue weighted by molar-refractivity contribution is 9.10. The van der Waals surface area contributed by atoms with Crippen LogP contribution < -0.4 is 9.75 Å². The molecule has 0 saturated carbocycles. The molecule has 6 nitrogen and oxygen atoms in total. The molecule has 1 N–H and O–H groups in total. The Kier molecular flexibility index (Phi) is 5.94. The fourth-order valence-corrected chi connectivity index (χ4v) is 3.11. The first-order valence-corrected chi connectivity index (χ1v) is 9.57. The predicted molar refractivity (Wildman–Crippen MR) is 112 cm³/mol. The molecule has 0 fully saturated rings. The second-order valence-corrected chi connectivity index (χ2v) is 7.16. The van der Waals surface area contributed by atoms with Gasteiger partial charge in [-0.2, -0.15) is 10.1 Å². The number of benzene rings is 2. The van der Waals surface area contributed by atoms with E-state index in [-0.39, 0.29) is 11.5 Å². The minimum Gasteiger partial charge on any atom is -0.493 e. The molecule has 0 aliphatic carbocycles. The predicted octanol–water partition coefficient (Wildman–Crippen LogP) is 4.74. The number of carboxylic acid groups (broad SMARTS) is 1. The molecule has 1 aliphatic rings. The van der Waals surface area contributed by atoms with E-state index in [1.807, 2.05) is 25.1 Å². The number of ether oxygens (including phenoxy) is 1. The van der Waals surface area contributed by atoms with Crippen molar-refractivity contribution in [1.29, 1.82) is 0 Å². The van der Waals surface area contributed by atoms with Crippen molar-refractivity contribution in [2.45, 2.75) is 20.3 Å². The number of carbonyl (C=O) groups excluding carboxylic acids is 1. The number of hydrazone groups is 1. The van der Waals surface area contributed by atoms with Gasteiger partial charge in [0.1, 0.15) is 5.75 Å². The zero-order chi connectivity index (χ0) is 20.3. The number of hydrogen-bond acceptors (Lipinski definition) is 4. The SMILES string of the molecule is CCCOc1ccc(Br)cc1/C=C1/C(=O)N(c2ccc(C(=O)O)cc2)N=C1C. The third-order valence-electron chi connectivity index (χ3n) is 4.15. The molecule has 3 rings (SSSR count). The van der Waals surface area contributed by atoms with Gasteiger partial charge < -0.3 is 9.84 Å². The van der Waals surface area contributed by atoms with Gasteiger partial charge in [-0.25, -0.2) is 4.79 Å². The van der Waals surface area contributed by atoms with E-state index in [9.17, 15) is 9.59 Å². The Morgan fingerprint density at radius 3 is 2.61 bits per heavy atom. The summed E-state index contributed by atoms with van der Waals surface area (Å²) in [5.74, 6) is -0.599. The molecule has 144 valence electrons. The van der Waals surface area contributed by atoms with Crippen molar-refractivity contribution in [3.8, 4) is 5.75 Å². The van der Waals surface area contributed by atoms with Crippen molar-refractivity contribution >= 4 is 45.3 Å². The summed E-state index contributed by atoms with van der Waals surface area (Å²) in [4.78, 5) is 23.9. The number of amides is 1. The van der Waals surface area contributed by atoms with Crippen molar-refractivity contribution in [3.05, 3.63) is 63.6 Å². The van der Waals surface area contributed by atoms with E-state index in [1.165, 1.54) is 17.1 Å². The Morgan fingerprint density at radius 1 is 1.25 bits per heavy atom. The summed E-state index contributed by atoms with van der Waals surface area (Å²) in [6.07, 6.45) is 2.65. The molecule has 2 aromatic carbocycles. The number of aromatic carboxylic acids is 1. The van der Waals surface area contributed by atoms with E-state index >= 15 is 0 Å². The van der Waals surface area contributed by atoms with Gasteiger partial charge in [-0.15, -0.1) is 0 Å². The summed E-state index contributed by atoms with van der Waals surface area (Å²) in [6.45, 7) is 4.38. The molecule has 0 atom stereocenters. The molecule has 1 heterocycles. The summed E-state index contributed by atoms with van der Waals surface area (Å²) < 4.78 is 6.66. The summed E-state index contributed by atoms with van der Waals surface area (Å²) in [5, 5.41) is 14.6. The molecule has 0 radical (unpaired) electrons. The molecule has 1 aliphatic heterocycles. The second-order valence-electron chi connectivity index (χ2n) is 6.24. The van der Waals surface area contributed by atoms with Crippen molar-refractivity contribution < 1.29 is 19.4 Å². The monoisotopic (exact) mass is 442 g/mol. The van der Waals surface area contributed by atoms with Crippen molar-refractivity contribution in [3.63, 3.8) is 0 Å². The highest BCUT2D eigenvalue weighted by atomic mass is 79.9. The molecule has 2 aromatic rings. The highest BCUT2D eigenvalue weighted by Crippen LogP contribution is 2.29. The van der Waals surface area contributed by atoms with Gasteiger partial charge in [-0.1, -0.05) is 22.9 Å². The van der Waals surface area contributed by atoms with Crippen molar-refractivity contribution in [2.75, 3.05) is 11.6 Å². The maximum absolute atomic E-state index is 12.9. The average molecular weight is 443 g/mol. The number of hydrogen-bond donors (Lipinski definition) is 1. The molecular formula is C21H19BrN2O4. The summed E-state index contributed by atoms with van der Waals surface area (Å²) in [6, 6.07) is 11.7. The number of nitrogens with zero attached hydrogens (tertiary/aromatic N) is 2. The topological polar surface area (TPSA) is 79.2 Å². The Hall–Kier alpha value is -2.93. The standard InChI is InChI=1S/C21H19BrN2O4/c1-3-10-28-19-9-6-16(22)11-15(19)12-18-13(2)23-24(20(18)25)17-7-4-14(5-8-17)21(26)27/h4-9,11-12H,3,10H2,1-2H3,(H,26,27)/b18-12+. The van der Waals surface area contributed by atoms with E-state index in [4.69, 9.17) is 9.84 Å². The lowest BCUT2D eigenvalue weighted by atomic mass is 10.1. The Morgan fingerprint density at radius 2 is 1.96 bits per heavy atom. The van der Waals surface area contributed by atoms with Crippen LogP contribution in [-0.2, 0) is 4.79 Å². The van der Waals surface area contributed by atoms with Gasteiger partial charge in [-0.05, 0) is 61.9 Å². The third-order valence-corrected chi connectivity index (χ3v) is 4.65. The van der Waals surface area contributed by atoms with Crippen LogP contribution in [0.25, 0.3) is 6.08 Å². The number of rotatable bonds is 6. The highest BCUT2D eigenvalue weighted by Gasteiger charge is 2.29. The number of carbonyl (C=O) groups is 2. The lowest BCUT2D eigenvalue weighted by Gasteiger charge is -2.12. The fourth-order valence-electron chi connectivity index (χ4n) is 2.74. The van der Waals surface area contributed by atoms with Gasteiger partial charge in [0.15, 0.2) is 0 Å². The van der Waals surface area contributed by atoms with Crippen LogP contribution in [0.5, 0.6) is 5.75 Å². The lowest BCUT2D eigenvalue weighted by Crippen LogP contribution is -2.21. The number of anilines is 1. The summed E-state index contributed by atoms with van der Waals surface area (Å²) in [5.41, 5.74) is 2.48. The molecule has 0 bridgehead atoms. The van der Waals surface area contributed by atoms with Gasteiger partial charge in [0.05, 0.1) is 29.1 Å². The number of halogens is 1. The average Bonchev–Trinajstić information content (AvgIpc) is 2.95. The van der Waals surface area contributed by atoms with Crippen LogP contribution in [-0.4, -0.2) is 29.3 Å². The molecule has 0 saturated heterocycles. The molecule has 0 aromatic heterocycles. The molecule has 0 unspecified atom stereocenters. The summed E-state index contributed by atoms with van der Waals surface area (Å²) >= 11 is 3.45. The van der Waals surface area contributed by atoms with Crippen molar-refractivity contribution in [2.24, 2.45) is 5.10 Å². The van der Waals surface area contributed by atoms with Gasteiger partial charge in [-0.3, -0.25) is 4.79 Å². The third kappa shape index (κ3) is 4.14. The van der Waals surface area contributed by atoms with Crippen LogP contribution in [0.2, 0.25) is 0 Å². The summed E-state index contributed by atoms with van der Waals surface area (Å²) in [7, 11) is 0. The molecule has 0 spiro atoms. The molecule has 28 heavy (non-hydrogen) atoms. The molecule has 7 heteroatoms. The van der Waals surface area contributed by atoms with E-state index in [1.54, 1.807) is 25.1 Å². The number of carboxylic acids is 1. The maximum atomic E-state index is 12.9. The van der Waals surface area contributed by atoms with Gasteiger partial charge in [0.2, 0.25) is 0 Å². The largest absolute Gasteiger partial charge is 0.493 e. The first kappa shape index (κ1) is 19.8. The Balaban J connectivity index is 1.92. The van der Waals surface area contributed by atoms with Crippen LogP contribution in [0, 0.1) is 0 Å². The van der Waals surface area contributed by atoms with E-state index in [0.717, 1.165) is 16.5 Å². The van der Waals surface area contributed by atoms with E-state index < -0.39 is 5.97 Å². The van der Waals surface area contributed by atoms with Crippen LogP contribution in [0.15, 0.2) is 57.6 Å². The van der Waals surface area contributed by atoms with Crippen LogP contribution in [0.1, 0.15) is 36.2 Å². The van der Waals surface area contributed by atoms with Crippen LogP contribution in [0.3, 0.4) is 0 Å². The van der Waals surface area contributed by atoms with E-state index in [0.29, 0.717) is 29.3 Å². The van der Waals surface area contributed by atoms with Gasteiger partial charge in [0.25, 0.3) is 5.91 Å². The second kappa shape index (κ2) is 8.39. The van der Waals surface area contributed by atoms with E-state index in [2.05, 4.69) is 21.0 Å². The zero-order valence-corrected chi connectivity index (χ0v) is 17.1. The van der Waals surface area contributed by atoms with Gasteiger partial charge >= 0.3 is 5.97 Å².